The molecule has 6 nitrogen and oxygen atoms in total. The molecule has 0 saturated carbocycles. The van der Waals surface area contributed by atoms with Gasteiger partial charge in [0.1, 0.15) is 5.82 Å². The van der Waals surface area contributed by atoms with Gasteiger partial charge in [0.05, 0.1) is 23.5 Å². The molecule has 4 rings (SSSR count). The van der Waals surface area contributed by atoms with Crippen LogP contribution in [0.15, 0.2) is 34.2 Å². The predicted molar refractivity (Wildman–Crippen MR) is 142 cm³/mol. The van der Waals surface area contributed by atoms with E-state index in [9.17, 15) is 27.2 Å². The Labute approximate surface area is 223 Å². The van der Waals surface area contributed by atoms with Crippen molar-refractivity contribution in [2.24, 2.45) is 16.8 Å². The van der Waals surface area contributed by atoms with Crippen LogP contribution in [0.25, 0.3) is 10.9 Å². The molecule has 2 aliphatic heterocycles. The second-order valence-corrected chi connectivity index (χ2v) is 10.9. The molecule has 206 valence electrons. The number of nitrogens with one attached hydrogen (secondary N) is 1. The third kappa shape index (κ3) is 5.98. The summed E-state index contributed by atoms with van der Waals surface area (Å²) in [5.74, 6) is -1.61. The van der Waals surface area contributed by atoms with Crippen molar-refractivity contribution in [2.45, 2.75) is 45.8 Å². The van der Waals surface area contributed by atoms with E-state index in [0.717, 1.165) is 4.91 Å². The number of hydrogen-bond acceptors (Lipinski definition) is 4. The van der Waals surface area contributed by atoms with Gasteiger partial charge in [-0.2, -0.15) is 13.2 Å². The van der Waals surface area contributed by atoms with E-state index >= 15 is 0 Å². The van der Waals surface area contributed by atoms with Crippen molar-refractivity contribution in [3.63, 3.8) is 0 Å². The molecule has 1 fully saturated rings. The number of amides is 2. The van der Waals surface area contributed by atoms with Gasteiger partial charge >= 0.3 is 6.18 Å². The Balaban J connectivity index is 1.57. The van der Waals surface area contributed by atoms with Crippen molar-refractivity contribution < 1.29 is 27.2 Å². The van der Waals surface area contributed by atoms with Crippen LogP contribution in [0.3, 0.4) is 0 Å². The normalized spacial score (nSPS) is 20.4. The molecule has 1 saturated heterocycles. The van der Waals surface area contributed by atoms with Gasteiger partial charge in [-0.1, -0.05) is 0 Å². The van der Waals surface area contributed by atoms with Crippen LogP contribution in [0, 0.1) is 24.6 Å². The molecule has 3 heterocycles. The number of carbonyl (C=O) groups is 2. The van der Waals surface area contributed by atoms with Crippen LogP contribution < -0.4 is 5.32 Å². The van der Waals surface area contributed by atoms with E-state index in [1.807, 2.05) is 23.8 Å². The molecule has 2 aliphatic rings. The molecular weight excluding hydrogens is 520 g/mol. The maximum Gasteiger partial charge on any atom is 0.401 e. The van der Waals surface area contributed by atoms with Crippen molar-refractivity contribution in [1.29, 1.82) is 0 Å². The minimum Gasteiger partial charge on any atom is -0.351 e. The number of rotatable bonds is 7. The minimum atomic E-state index is -4.23. The van der Waals surface area contributed by atoms with E-state index in [1.165, 1.54) is 28.8 Å². The summed E-state index contributed by atoms with van der Waals surface area (Å²) in [6.07, 6.45) is 0.616. The first-order valence-electron chi connectivity index (χ1n) is 12.6. The first-order chi connectivity index (χ1) is 17.9. The number of thioether (sulfide) groups is 1. The number of aromatic nitrogens is 1. The number of benzene rings is 1. The smallest absolute Gasteiger partial charge is 0.351 e. The lowest BCUT2D eigenvalue weighted by Gasteiger charge is -2.36. The largest absolute Gasteiger partial charge is 0.401 e. The topological polar surface area (TPSA) is 66.7 Å². The lowest BCUT2D eigenvalue weighted by atomic mass is 9.90. The number of likely N-dealkylation sites (tertiary alicyclic amines) is 1. The molecule has 2 atom stereocenters. The van der Waals surface area contributed by atoms with Crippen LogP contribution in [0.4, 0.5) is 17.6 Å². The molecule has 2 aromatic rings. The summed E-state index contributed by atoms with van der Waals surface area (Å²) < 4.78 is 54.7. The van der Waals surface area contributed by atoms with Gasteiger partial charge in [-0.05, 0) is 83.2 Å². The highest BCUT2D eigenvalue weighted by atomic mass is 32.2. The summed E-state index contributed by atoms with van der Waals surface area (Å²) in [6.45, 7) is 5.35. The van der Waals surface area contributed by atoms with Gasteiger partial charge in [-0.3, -0.25) is 14.5 Å². The van der Waals surface area contributed by atoms with Crippen LogP contribution in [0.1, 0.15) is 48.8 Å². The second kappa shape index (κ2) is 11.2. The van der Waals surface area contributed by atoms with E-state index in [0.29, 0.717) is 53.8 Å². The van der Waals surface area contributed by atoms with Crippen molar-refractivity contribution >= 4 is 40.2 Å². The van der Waals surface area contributed by atoms with E-state index in [1.54, 1.807) is 19.9 Å². The van der Waals surface area contributed by atoms with Crippen molar-refractivity contribution in [2.75, 3.05) is 32.4 Å². The Morgan fingerprint density at radius 2 is 1.92 bits per heavy atom. The summed E-state index contributed by atoms with van der Waals surface area (Å²) in [4.78, 5) is 32.2. The Bertz CT molecular complexity index is 1290. The standard InChI is InChI=1S/C27H32F4N4O2S/c1-15-11-23(38-4)21(25(36)33-15)13-32-26(37)24-17(3)35(22-12-19(28)5-6-20(22)24)16(2)18-7-9-34(10-8-18)14-27(29,30)31/h5-6,11-12,16,18,21H,7-10,13-14H2,1-4H3,(H,32,37)/t16-,21?/m1/s1. The number of alkyl halides is 3. The summed E-state index contributed by atoms with van der Waals surface area (Å²) in [5.41, 5.74) is 2.24. The van der Waals surface area contributed by atoms with Gasteiger partial charge in [0.2, 0.25) is 0 Å². The fourth-order valence-corrected chi connectivity index (χ4v) is 6.42. The lowest BCUT2D eigenvalue weighted by Crippen LogP contribution is -2.41. The van der Waals surface area contributed by atoms with Gasteiger partial charge in [0.25, 0.3) is 11.8 Å². The van der Waals surface area contributed by atoms with Crippen molar-refractivity contribution in [1.82, 2.24) is 14.8 Å². The lowest BCUT2D eigenvalue weighted by molar-refractivity contribution is -0.149. The molecule has 0 bridgehead atoms. The fraction of sp³-hybridized carbons (Fsp3) is 0.519. The van der Waals surface area contributed by atoms with Crippen LogP contribution in [0.2, 0.25) is 0 Å². The molecule has 0 spiro atoms. The van der Waals surface area contributed by atoms with Crippen LogP contribution in [-0.2, 0) is 4.79 Å². The SMILES string of the molecule is CSC1=CC(C)=NC(=O)C1CNC(=O)c1c(C)n([C@H](C)C2CCN(CC(F)(F)F)CC2)c2cc(F)ccc12. The zero-order valence-corrected chi connectivity index (χ0v) is 22.7. The maximum absolute atomic E-state index is 14.3. The number of carbonyl (C=O) groups excluding carboxylic acids is 2. The van der Waals surface area contributed by atoms with Gasteiger partial charge in [0, 0.05) is 34.3 Å². The quantitative estimate of drug-likeness (QED) is 0.460. The number of hydrogen-bond donors (Lipinski definition) is 1. The zero-order valence-electron chi connectivity index (χ0n) is 21.9. The monoisotopic (exact) mass is 552 g/mol. The highest BCUT2D eigenvalue weighted by Crippen LogP contribution is 2.36. The van der Waals surface area contributed by atoms with Crippen molar-refractivity contribution in [3.8, 4) is 0 Å². The molecule has 0 radical (unpaired) electrons. The highest BCUT2D eigenvalue weighted by molar-refractivity contribution is 8.02. The van der Waals surface area contributed by atoms with Crippen LogP contribution >= 0.6 is 11.8 Å². The first-order valence-corrected chi connectivity index (χ1v) is 13.8. The number of piperidine rings is 1. The average Bonchev–Trinajstić information content (AvgIpc) is 3.12. The predicted octanol–water partition coefficient (Wildman–Crippen LogP) is 5.52. The molecule has 1 N–H and O–H groups in total. The molecule has 0 aliphatic carbocycles. The van der Waals surface area contributed by atoms with Gasteiger partial charge in [-0.15, -0.1) is 11.8 Å². The van der Waals surface area contributed by atoms with Crippen molar-refractivity contribution in [3.05, 3.63) is 46.3 Å². The summed E-state index contributed by atoms with van der Waals surface area (Å²) in [7, 11) is 0. The number of fused-ring (bicyclic) bond motifs is 1. The average molecular weight is 553 g/mol. The Morgan fingerprint density at radius 1 is 1.24 bits per heavy atom. The fourth-order valence-electron chi connectivity index (χ4n) is 5.67. The molecular formula is C27H32F4N4O2S. The minimum absolute atomic E-state index is 0.0724. The third-order valence-electron chi connectivity index (χ3n) is 7.55. The van der Waals surface area contributed by atoms with Crippen LogP contribution in [-0.4, -0.2) is 65.6 Å². The highest BCUT2D eigenvalue weighted by Gasteiger charge is 2.35. The molecule has 1 aromatic heterocycles. The number of dihydropyridines is 1. The molecule has 1 unspecified atom stereocenters. The second-order valence-electron chi connectivity index (χ2n) is 10.1. The van der Waals surface area contributed by atoms with E-state index in [4.69, 9.17) is 0 Å². The number of nitrogens with zero attached hydrogens (tertiary/aromatic N) is 3. The summed E-state index contributed by atoms with van der Waals surface area (Å²) in [5, 5.41) is 3.47. The van der Waals surface area contributed by atoms with Gasteiger partial charge in [0.15, 0.2) is 0 Å². The first kappa shape index (κ1) is 28.4. The molecule has 11 heteroatoms. The zero-order chi connectivity index (χ0) is 27.8. The number of aliphatic imine (C=N–C) groups is 1. The summed E-state index contributed by atoms with van der Waals surface area (Å²) in [6, 6.07) is 4.12. The number of halogens is 4. The van der Waals surface area contributed by atoms with Gasteiger partial charge in [-0.25, -0.2) is 9.38 Å². The molecule has 1 aromatic carbocycles. The Morgan fingerprint density at radius 3 is 2.55 bits per heavy atom. The summed E-state index contributed by atoms with van der Waals surface area (Å²) >= 11 is 1.44. The Hall–Kier alpha value is -2.66. The maximum atomic E-state index is 14.3. The third-order valence-corrected chi connectivity index (χ3v) is 8.42. The Kier molecular flexibility index (Phi) is 8.37. The van der Waals surface area contributed by atoms with Gasteiger partial charge < -0.3 is 9.88 Å². The van der Waals surface area contributed by atoms with E-state index in [-0.39, 0.29) is 30.3 Å². The molecule has 38 heavy (non-hydrogen) atoms. The van der Waals surface area contributed by atoms with E-state index in [2.05, 4.69) is 10.3 Å². The van der Waals surface area contributed by atoms with E-state index < -0.39 is 24.5 Å². The van der Waals surface area contributed by atoms with Crippen LogP contribution in [0.5, 0.6) is 0 Å². The number of allylic oxidation sites excluding steroid dienone is 1. The molecule has 2 amide bonds.